The molecule has 1 aliphatic heterocycles. The van der Waals surface area contributed by atoms with Crippen LogP contribution in [0.25, 0.3) is 0 Å². The number of nitrogens with zero attached hydrogens (tertiary/aromatic N) is 1. The van der Waals surface area contributed by atoms with E-state index in [2.05, 4.69) is 0 Å². The molecule has 1 saturated heterocycles. The molecule has 0 bridgehead atoms. The van der Waals surface area contributed by atoms with Crippen LogP contribution in [0.3, 0.4) is 0 Å². The van der Waals surface area contributed by atoms with Gasteiger partial charge in [-0.25, -0.2) is 0 Å². The normalized spacial score (nSPS) is 21.3. The molecule has 0 aliphatic carbocycles. The third-order valence-electron chi connectivity index (χ3n) is 3.68. The van der Waals surface area contributed by atoms with Crippen LogP contribution in [0, 0.1) is 0 Å². The largest absolute Gasteiger partial charge is 0.298 e. The lowest BCUT2D eigenvalue weighted by molar-refractivity contribution is -0.126. The van der Waals surface area contributed by atoms with E-state index < -0.39 is 5.92 Å². The van der Waals surface area contributed by atoms with Gasteiger partial charge < -0.3 is 0 Å². The Morgan fingerprint density at radius 3 is 2.63 bits per heavy atom. The Kier molecular flexibility index (Phi) is 4.30. The number of piperidine rings is 1. The highest BCUT2D eigenvalue weighted by Crippen LogP contribution is 2.31. The van der Waals surface area contributed by atoms with E-state index in [1.54, 1.807) is 23.1 Å². The zero-order valence-corrected chi connectivity index (χ0v) is 11.1. The lowest BCUT2D eigenvalue weighted by atomic mass is 9.97. The average Bonchev–Trinajstić information content (AvgIpc) is 2.39. The van der Waals surface area contributed by atoms with Crippen LogP contribution in [0.1, 0.15) is 31.7 Å². The van der Waals surface area contributed by atoms with Crippen LogP contribution < -0.4 is 0 Å². The minimum Gasteiger partial charge on any atom is -0.298 e. The lowest BCUT2D eigenvalue weighted by Crippen LogP contribution is -2.48. The minimum atomic E-state index is -2.91. The Morgan fingerprint density at radius 1 is 1.32 bits per heavy atom. The fourth-order valence-corrected chi connectivity index (χ4v) is 2.67. The van der Waals surface area contributed by atoms with Crippen LogP contribution in [-0.4, -0.2) is 29.8 Å². The molecule has 0 spiro atoms. The van der Waals surface area contributed by atoms with Gasteiger partial charge in [-0.15, -0.1) is 0 Å². The van der Waals surface area contributed by atoms with Crippen LogP contribution in [-0.2, 0) is 10.7 Å². The molecule has 2 nitrogen and oxygen atoms in total. The van der Waals surface area contributed by atoms with Gasteiger partial charge in [-0.05, 0) is 26.3 Å². The summed E-state index contributed by atoms with van der Waals surface area (Å²) in [5, 5.41) is 0. The van der Waals surface area contributed by atoms with Crippen LogP contribution in [0.4, 0.5) is 8.78 Å². The Morgan fingerprint density at radius 2 is 2.00 bits per heavy atom. The molecule has 0 amide bonds. The van der Waals surface area contributed by atoms with Crippen molar-refractivity contribution in [3.8, 4) is 0 Å². The van der Waals surface area contributed by atoms with Gasteiger partial charge in [0.15, 0.2) is 0 Å². The fraction of sp³-hybridized carbons (Fsp3) is 0.533. The maximum Gasteiger partial charge on any atom is 0.285 e. The molecule has 1 aromatic rings. The number of carbonyl (C=O) groups is 1. The third-order valence-corrected chi connectivity index (χ3v) is 3.68. The Hall–Kier alpha value is -1.29. The standard InChI is InChI=1S/C15H19F2NO/c1-12(19)14-9-5-6-10-18(14)11-15(16,17)13-7-3-2-4-8-13/h2-4,7-8,14H,5-6,9-11H2,1H3. The summed E-state index contributed by atoms with van der Waals surface area (Å²) >= 11 is 0. The van der Waals surface area contributed by atoms with E-state index >= 15 is 0 Å². The molecule has 1 aliphatic rings. The molecule has 19 heavy (non-hydrogen) atoms. The number of alkyl halides is 2. The molecule has 1 atom stereocenters. The lowest BCUT2D eigenvalue weighted by Gasteiger charge is -2.36. The summed E-state index contributed by atoms with van der Waals surface area (Å²) in [6.45, 7) is 1.69. The van der Waals surface area contributed by atoms with Gasteiger partial charge in [-0.3, -0.25) is 9.69 Å². The second-order valence-corrected chi connectivity index (χ2v) is 5.16. The first kappa shape index (κ1) is 14.1. The van der Waals surface area contributed by atoms with Gasteiger partial charge in [0.05, 0.1) is 12.6 Å². The van der Waals surface area contributed by atoms with Crippen molar-refractivity contribution in [2.24, 2.45) is 0 Å². The summed E-state index contributed by atoms with van der Waals surface area (Å²) in [5.74, 6) is -2.92. The van der Waals surface area contributed by atoms with Crippen molar-refractivity contribution in [3.63, 3.8) is 0 Å². The molecule has 4 heteroatoms. The first-order valence-electron chi connectivity index (χ1n) is 6.68. The van der Waals surface area contributed by atoms with E-state index in [9.17, 15) is 13.6 Å². The molecular weight excluding hydrogens is 248 g/mol. The van der Waals surface area contributed by atoms with Gasteiger partial charge in [0.1, 0.15) is 5.78 Å². The molecule has 104 valence electrons. The summed E-state index contributed by atoms with van der Waals surface area (Å²) in [4.78, 5) is 13.2. The second kappa shape index (κ2) is 5.78. The Balaban J connectivity index is 2.12. The molecule has 0 aromatic heterocycles. The Labute approximate surface area is 112 Å². The van der Waals surface area contributed by atoms with Crippen molar-refractivity contribution in [2.75, 3.05) is 13.1 Å². The number of carbonyl (C=O) groups excluding carboxylic acids is 1. The Bertz CT molecular complexity index is 433. The first-order chi connectivity index (χ1) is 9.00. The van der Waals surface area contributed by atoms with E-state index in [1.165, 1.54) is 19.1 Å². The summed E-state index contributed by atoms with van der Waals surface area (Å²) < 4.78 is 28.4. The van der Waals surface area contributed by atoms with Crippen molar-refractivity contribution in [1.29, 1.82) is 0 Å². The zero-order chi connectivity index (χ0) is 13.9. The number of rotatable bonds is 4. The van der Waals surface area contributed by atoms with Gasteiger partial charge in [0, 0.05) is 5.56 Å². The summed E-state index contributed by atoms with van der Waals surface area (Å²) in [5.41, 5.74) is 0.0166. The van der Waals surface area contributed by atoms with Gasteiger partial charge in [0.25, 0.3) is 5.92 Å². The SMILES string of the molecule is CC(=O)C1CCCCN1CC(F)(F)c1ccccc1. The van der Waals surface area contributed by atoms with Gasteiger partial charge >= 0.3 is 0 Å². The maximum absolute atomic E-state index is 14.2. The van der Waals surface area contributed by atoms with E-state index in [4.69, 9.17) is 0 Å². The molecule has 1 unspecified atom stereocenters. The number of likely N-dealkylation sites (tertiary alicyclic amines) is 1. The monoisotopic (exact) mass is 267 g/mol. The third kappa shape index (κ3) is 3.38. The van der Waals surface area contributed by atoms with Gasteiger partial charge in [-0.2, -0.15) is 8.78 Å². The number of benzene rings is 1. The highest BCUT2D eigenvalue weighted by atomic mass is 19.3. The van der Waals surface area contributed by atoms with Crippen molar-refractivity contribution >= 4 is 5.78 Å². The number of hydrogen-bond donors (Lipinski definition) is 0. The molecule has 1 aromatic carbocycles. The molecular formula is C15H19F2NO. The predicted molar refractivity (Wildman–Crippen MR) is 70.2 cm³/mol. The van der Waals surface area contributed by atoms with E-state index in [-0.39, 0.29) is 23.9 Å². The van der Waals surface area contributed by atoms with Crippen LogP contribution in [0.5, 0.6) is 0 Å². The minimum absolute atomic E-state index is 0.0106. The van der Waals surface area contributed by atoms with E-state index in [0.717, 1.165) is 12.8 Å². The first-order valence-corrected chi connectivity index (χ1v) is 6.68. The molecule has 0 N–H and O–H groups in total. The van der Waals surface area contributed by atoms with Gasteiger partial charge in [0.2, 0.25) is 0 Å². The molecule has 1 heterocycles. The molecule has 1 fully saturated rings. The predicted octanol–water partition coefficient (Wildman–Crippen LogP) is 3.22. The van der Waals surface area contributed by atoms with Crippen LogP contribution in [0.2, 0.25) is 0 Å². The number of Topliss-reactive ketones (excluding diaryl/α,β-unsaturated/α-hetero) is 1. The summed E-state index contributed by atoms with van der Waals surface area (Å²) in [6, 6.07) is 7.48. The van der Waals surface area contributed by atoms with E-state index in [0.29, 0.717) is 13.0 Å². The average molecular weight is 267 g/mol. The maximum atomic E-state index is 14.2. The van der Waals surface area contributed by atoms with Crippen molar-refractivity contribution in [1.82, 2.24) is 4.90 Å². The molecule has 0 saturated carbocycles. The smallest absolute Gasteiger partial charge is 0.285 e. The number of hydrogen-bond acceptors (Lipinski definition) is 2. The van der Waals surface area contributed by atoms with E-state index in [1.807, 2.05) is 0 Å². The van der Waals surface area contributed by atoms with Crippen LogP contribution in [0.15, 0.2) is 30.3 Å². The fourth-order valence-electron chi connectivity index (χ4n) is 2.67. The van der Waals surface area contributed by atoms with Gasteiger partial charge in [-0.1, -0.05) is 36.8 Å². The van der Waals surface area contributed by atoms with Crippen LogP contribution >= 0.6 is 0 Å². The van der Waals surface area contributed by atoms with Crippen molar-refractivity contribution in [3.05, 3.63) is 35.9 Å². The molecule has 0 radical (unpaired) electrons. The molecule has 2 rings (SSSR count). The number of halogens is 2. The zero-order valence-electron chi connectivity index (χ0n) is 11.1. The highest BCUT2D eigenvalue weighted by molar-refractivity contribution is 5.81. The topological polar surface area (TPSA) is 20.3 Å². The summed E-state index contributed by atoms with van der Waals surface area (Å²) in [7, 11) is 0. The second-order valence-electron chi connectivity index (χ2n) is 5.16. The summed E-state index contributed by atoms with van der Waals surface area (Å²) in [6.07, 6.45) is 2.52. The quantitative estimate of drug-likeness (QED) is 0.834. The highest BCUT2D eigenvalue weighted by Gasteiger charge is 2.37. The van der Waals surface area contributed by atoms with Crippen molar-refractivity contribution < 1.29 is 13.6 Å². The number of ketones is 1. The van der Waals surface area contributed by atoms with Crippen molar-refractivity contribution in [2.45, 2.75) is 38.2 Å².